The van der Waals surface area contributed by atoms with Crippen molar-refractivity contribution in [1.29, 1.82) is 0 Å². The van der Waals surface area contributed by atoms with Gasteiger partial charge in [-0.3, -0.25) is 4.68 Å². The number of carbonyl (C=O) groups is 1. The van der Waals surface area contributed by atoms with Gasteiger partial charge in [-0.2, -0.15) is 5.10 Å². The first-order valence-corrected chi connectivity index (χ1v) is 5.37. The lowest BCUT2D eigenvalue weighted by atomic mass is 10.1. The zero-order chi connectivity index (χ0) is 10.8. The molecular weight excluding hydrogens is 192 g/mol. The van der Waals surface area contributed by atoms with Crippen molar-refractivity contribution in [2.24, 2.45) is 7.05 Å². The molecule has 4 nitrogen and oxygen atoms in total. The summed E-state index contributed by atoms with van der Waals surface area (Å²) < 4.78 is 7.44. The fourth-order valence-electron chi connectivity index (χ4n) is 2.09. The van der Waals surface area contributed by atoms with Gasteiger partial charge in [-0.1, -0.05) is 6.92 Å². The van der Waals surface area contributed by atoms with Crippen LogP contribution in [0.4, 0.5) is 0 Å². The van der Waals surface area contributed by atoms with Gasteiger partial charge >= 0.3 is 0 Å². The number of aldehydes is 1. The van der Waals surface area contributed by atoms with E-state index < -0.39 is 0 Å². The van der Waals surface area contributed by atoms with Crippen molar-refractivity contribution >= 4 is 6.29 Å². The molecule has 1 aromatic rings. The van der Waals surface area contributed by atoms with Crippen molar-refractivity contribution in [2.75, 3.05) is 0 Å². The summed E-state index contributed by atoms with van der Waals surface area (Å²) in [6.45, 7) is 2.08. The van der Waals surface area contributed by atoms with Crippen LogP contribution in [-0.4, -0.2) is 22.2 Å². The average Bonchev–Trinajstić information content (AvgIpc) is 2.82. The molecule has 82 valence electrons. The first-order valence-electron chi connectivity index (χ1n) is 5.37. The molecule has 0 radical (unpaired) electrons. The van der Waals surface area contributed by atoms with Gasteiger partial charge in [0.1, 0.15) is 12.4 Å². The Kier molecular flexibility index (Phi) is 2.86. The van der Waals surface area contributed by atoms with Crippen LogP contribution in [0.5, 0.6) is 0 Å². The van der Waals surface area contributed by atoms with E-state index in [1.165, 1.54) is 0 Å². The van der Waals surface area contributed by atoms with Gasteiger partial charge in [0.25, 0.3) is 0 Å². The molecule has 1 aromatic heterocycles. The molecule has 4 heteroatoms. The van der Waals surface area contributed by atoms with E-state index in [4.69, 9.17) is 4.74 Å². The van der Waals surface area contributed by atoms with Crippen LogP contribution in [0, 0.1) is 0 Å². The molecule has 15 heavy (non-hydrogen) atoms. The summed E-state index contributed by atoms with van der Waals surface area (Å²) in [4.78, 5) is 10.6. The fraction of sp³-hybridized carbons (Fsp3) is 0.636. The summed E-state index contributed by atoms with van der Waals surface area (Å²) in [6, 6.07) is 0. The largest absolute Gasteiger partial charge is 0.363 e. The monoisotopic (exact) mass is 208 g/mol. The number of hydrogen-bond donors (Lipinski definition) is 0. The van der Waals surface area contributed by atoms with Gasteiger partial charge in [-0.05, 0) is 19.3 Å². The van der Waals surface area contributed by atoms with Crippen molar-refractivity contribution in [1.82, 2.24) is 9.78 Å². The Morgan fingerprint density at radius 3 is 3.07 bits per heavy atom. The Balaban J connectivity index is 2.19. The normalized spacial score (nSPS) is 25.7. The number of aromatic nitrogens is 2. The summed E-state index contributed by atoms with van der Waals surface area (Å²) in [6.07, 6.45) is 5.37. The van der Waals surface area contributed by atoms with E-state index in [0.29, 0.717) is 0 Å². The molecule has 1 aliphatic rings. The summed E-state index contributed by atoms with van der Waals surface area (Å²) in [5, 5.41) is 4.37. The lowest BCUT2D eigenvalue weighted by Crippen LogP contribution is -2.07. The van der Waals surface area contributed by atoms with E-state index in [9.17, 15) is 4.79 Å². The highest BCUT2D eigenvalue weighted by molar-refractivity contribution is 5.56. The van der Waals surface area contributed by atoms with Crippen molar-refractivity contribution in [3.63, 3.8) is 0 Å². The van der Waals surface area contributed by atoms with Crippen LogP contribution in [-0.2, 0) is 23.0 Å². The van der Waals surface area contributed by atoms with Gasteiger partial charge in [0.15, 0.2) is 0 Å². The highest BCUT2D eigenvalue weighted by atomic mass is 16.5. The number of aryl methyl sites for hydroxylation is 2. The zero-order valence-corrected chi connectivity index (χ0v) is 9.14. The number of carbonyl (C=O) groups excluding carboxylic acids is 1. The number of rotatable bonds is 3. The Hall–Kier alpha value is -1.16. The summed E-state index contributed by atoms with van der Waals surface area (Å²) in [7, 11) is 1.91. The minimum absolute atomic E-state index is 0.0591. The van der Waals surface area contributed by atoms with Crippen LogP contribution < -0.4 is 0 Å². The van der Waals surface area contributed by atoms with Crippen LogP contribution in [0.2, 0.25) is 0 Å². The molecular formula is C11H16N2O2. The summed E-state index contributed by atoms with van der Waals surface area (Å²) >= 11 is 0. The molecule has 2 rings (SSSR count). The molecule has 2 atom stereocenters. The fourth-order valence-corrected chi connectivity index (χ4v) is 2.09. The van der Waals surface area contributed by atoms with Gasteiger partial charge in [0.2, 0.25) is 0 Å². The number of nitrogens with zero attached hydrogens (tertiary/aromatic N) is 2. The van der Waals surface area contributed by atoms with Gasteiger partial charge in [-0.15, -0.1) is 0 Å². The van der Waals surface area contributed by atoms with Crippen molar-refractivity contribution in [3.05, 3.63) is 17.5 Å². The van der Waals surface area contributed by atoms with Gasteiger partial charge < -0.3 is 9.53 Å². The molecule has 0 N–H and O–H groups in total. The third-order valence-electron chi connectivity index (χ3n) is 2.82. The zero-order valence-electron chi connectivity index (χ0n) is 9.14. The second-order valence-electron chi connectivity index (χ2n) is 3.93. The van der Waals surface area contributed by atoms with Gasteiger partial charge in [-0.25, -0.2) is 0 Å². The van der Waals surface area contributed by atoms with Crippen molar-refractivity contribution < 1.29 is 9.53 Å². The summed E-state index contributed by atoms with van der Waals surface area (Å²) in [5.41, 5.74) is 2.22. The molecule has 2 heterocycles. The van der Waals surface area contributed by atoms with E-state index >= 15 is 0 Å². The van der Waals surface area contributed by atoms with Crippen LogP contribution in [0.25, 0.3) is 0 Å². The van der Waals surface area contributed by atoms with Crippen molar-refractivity contribution in [3.8, 4) is 0 Å². The molecule has 1 fully saturated rings. The SMILES string of the molecule is CCc1nn(C)cc1C1CCC(C=O)O1. The highest BCUT2D eigenvalue weighted by Gasteiger charge is 2.28. The molecule has 0 aliphatic carbocycles. The molecule has 2 unspecified atom stereocenters. The first kappa shape index (κ1) is 10.4. The third-order valence-corrected chi connectivity index (χ3v) is 2.82. The topological polar surface area (TPSA) is 44.1 Å². The quantitative estimate of drug-likeness (QED) is 0.705. The smallest absolute Gasteiger partial charge is 0.148 e. The molecule has 1 saturated heterocycles. The van der Waals surface area contributed by atoms with Crippen LogP contribution >= 0.6 is 0 Å². The minimum atomic E-state index is -0.222. The molecule has 0 aromatic carbocycles. The predicted molar refractivity (Wildman–Crippen MR) is 55.5 cm³/mol. The van der Waals surface area contributed by atoms with Crippen molar-refractivity contribution in [2.45, 2.75) is 38.4 Å². The standard InChI is InChI=1S/C11H16N2O2/c1-3-10-9(6-13(2)12-10)11-5-4-8(7-14)15-11/h6-8,11H,3-5H2,1-2H3. The molecule has 0 spiro atoms. The predicted octanol–water partition coefficient (Wildman–Crippen LogP) is 1.40. The van der Waals surface area contributed by atoms with E-state index in [1.807, 2.05) is 17.9 Å². The second kappa shape index (κ2) is 4.14. The van der Waals surface area contributed by atoms with Crippen LogP contribution in [0.3, 0.4) is 0 Å². The van der Waals surface area contributed by atoms with Gasteiger partial charge in [0, 0.05) is 18.8 Å². The first-order chi connectivity index (χ1) is 7.24. The van der Waals surface area contributed by atoms with E-state index in [-0.39, 0.29) is 12.2 Å². The Morgan fingerprint density at radius 1 is 1.67 bits per heavy atom. The minimum Gasteiger partial charge on any atom is -0.363 e. The Bertz CT molecular complexity index is 359. The highest BCUT2D eigenvalue weighted by Crippen LogP contribution is 2.33. The molecule has 0 amide bonds. The van der Waals surface area contributed by atoms with E-state index in [2.05, 4.69) is 12.0 Å². The molecule has 1 aliphatic heterocycles. The van der Waals surface area contributed by atoms with Gasteiger partial charge in [0.05, 0.1) is 11.8 Å². The lowest BCUT2D eigenvalue weighted by molar-refractivity contribution is -0.117. The maximum Gasteiger partial charge on any atom is 0.148 e. The van der Waals surface area contributed by atoms with E-state index in [1.54, 1.807) is 0 Å². The Labute approximate surface area is 89.2 Å². The maximum absolute atomic E-state index is 10.6. The second-order valence-corrected chi connectivity index (χ2v) is 3.93. The average molecular weight is 208 g/mol. The summed E-state index contributed by atoms with van der Waals surface area (Å²) in [5.74, 6) is 0. The van der Waals surface area contributed by atoms with Crippen LogP contribution in [0.15, 0.2) is 6.20 Å². The number of hydrogen-bond acceptors (Lipinski definition) is 3. The molecule has 0 saturated carbocycles. The third kappa shape index (κ3) is 1.95. The Morgan fingerprint density at radius 2 is 2.47 bits per heavy atom. The molecule has 0 bridgehead atoms. The lowest BCUT2D eigenvalue weighted by Gasteiger charge is -2.09. The van der Waals surface area contributed by atoms with E-state index in [0.717, 1.165) is 36.8 Å². The van der Waals surface area contributed by atoms with Crippen LogP contribution in [0.1, 0.15) is 37.1 Å². The number of ether oxygens (including phenoxy) is 1. The maximum atomic E-state index is 10.6.